The molecule has 2 heterocycles. The average molecular weight is 374 g/mol. The summed E-state index contributed by atoms with van der Waals surface area (Å²) in [5.41, 5.74) is 1.71. The fourth-order valence-electron chi connectivity index (χ4n) is 2.32. The van der Waals surface area contributed by atoms with Crippen molar-refractivity contribution in [3.05, 3.63) is 35.7 Å². The van der Waals surface area contributed by atoms with E-state index in [0.29, 0.717) is 5.13 Å². The van der Waals surface area contributed by atoms with Gasteiger partial charge in [0.1, 0.15) is 13.1 Å². The van der Waals surface area contributed by atoms with E-state index in [1.165, 1.54) is 23.2 Å². The number of rotatable bonds is 4. The minimum atomic E-state index is -0.421. The lowest BCUT2D eigenvalue weighted by Gasteiger charge is -2.17. The van der Waals surface area contributed by atoms with Crippen molar-refractivity contribution in [2.45, 2.75) is 6.92 Å². The molecule has 3 rings (SSSR count). The van der Waals surface area contributed by atoms with Crippen molar-refractivity contribution in [1.82, 2.24) is 14.8 Å². The minimum Gasteiger partial charge on any atom is -0.300 e. The molecule has 1 saturated heterocycles. The Morgan fingerprint density at radius 2 is 2.04 bits per heavy atom. The lowest BCUT2D eigenvalue weighted by molar-refractivity contribution is -0.130. The van der Waals surface area contributed by atoms with Crippen LogP contribution in [0, 0.1) is 0 Å². The summed E-state index contributed by atoms with van der Waals surface area (Å²) < 4.78 is 0. The van der Waals surface area contributed by atoms with E-state index in [4.69, 9.17) is 12.2 Å². The van der Waals surface area contributed by atoms with Gasteiger partial charge in [-0.3, -0.25) is 24.2 Å². The molecule has 0 saturated carbocycles. The maximum absolute atomic E-state index is 12.2. The van der Waals surface area contributed by atoms with Gasteiger partial charge < -0.3 is 5.32 Å². The molecule has 0 unspecified atom stereocenters. The van der Waals surface area contributed by atoms with Crippen LogP contribution in [0.1, 0.15) is 6.92 Å². The molecule has 9 heteroatoms. The maximum atomic E-state index is 12.2. The molecule has 2 aromatic rings. The molecule has 0 radical (unpaired) electrons. The van der Waals surface area contributed by atoms with Gasteiger partial charge in [-0.25, -0.2) is 4.98 Å². The van der Waals surface area contributed by atoms with Crippen molar-refractivity contribution in [3.8, 4) is 11.3 Å². The Morgan fingerprint density at radius 3 is 2.68 bits per heavy atom. The smallest absolute Gasteiger partial charge is 0.249 e. The Labute approximate surface area is 153 Å². The fourth-order valence-corrected chi connectivity index (χ4v) is 3.41. The summed E-state index contributed by atoms with van der Waals surface area (Å²) >= 11 is 6.38. The molecule has 1 aliphatic rings. The van der Waals surface area contributed by atoms with Gasteiger partial charge in [0.2, 0.25) is 17.7 Å². The number of thiocarbonyl (C=S) groups is 1. The van der Waals surface area contributed by atoms with Crippen molar-refractivity contribution in [1.29, 1.82) is 0 Å². The van der Waals surface area contributed by atoms with Gasteiger partial charge in [-0.1, -0.05) is 30.3 Å². The summed E-state index contributed by atoms with van der Waals surface area (Å²) in [6.07, 6.45) is 0. The van der Waals surface area contributed by atoms with Crippen LogP contribution in [0.4, 0.5) is 5.13 Å². The summed E-state index contributed by atoms with van der Waals surface area (Å²) in [6, 6.07) is 9.59. The fraction of sp³-hybridized carbons (Fsp3) is 0.188. The molecule has 1 N–H and O–H groups in total. The normalized spacial score (nSPS) is 14.1. The molecular weight excluding hydrogens is 360 g/mol. The summed E-state index contributed by atoms with van der Waals surface area (Å²) in [4.78, 5) is 42.2. The zero-order valence-corrected chi connectivity index (χ0v) is 14.9. The summed E-state index contributed by atoms with van der Waals surface area (Å²) in [6.45, 7) is 0.947. The first-order chi connectivity index (χ1) is 12.0. The highest BCUT2D eigenvalue weighted by Gasteiger charge is 2.36. The van der Waals surface area contributed by atoms with Crippen LogP contribution in [-0.4, -0.2) is 50.7 Å². The average Bonchev–Trinajstić information content (AvgIpc) is 3.15. The van der Waals surface area contributed by atoms with Crippen molar-refractivity contribution >= 4 is 51.5 Å². The quantitative estimate of drug-likeness (QED) is 0.824. The highest BCUT2D eigenvalue weighted by Crippen LogP contribution is 2.24. The number of hydrogen-bond acceptors (Lipinski definition) is 6. The summed E-state index contributed by atoms with van der Waals surface area (Å²) in [5.74, 6) is -1.12. The van der Waals surface area contributed by atoms with E-state index in [1.807, 2.05) is 35.7 Å². The number of amides is 3. The molecule has 0 aliphatic carbocycles. The van der Waals surface area contributed by atoms with Crippen molar-refractivity contribution < 1.29 is 14.4 Å². The molecule has 25 heavy (non-hydrogen) atoms. The third-order valence-electron chi connectivity index (χ3n) is 3.56. The first kappa shape index (κ1) is 17.2. The monoisotopic (exact) mass is 374 g/mol. The van der Waals surface area contributed by atoms with Gasteiger partial charge in [0.15, 0.2) is 10.2 Å². The van der Waals surface area contributed by atoms with Crippen molar-refractivity contribution in [2.24, 2.45) is 0 Å². The first-order valence-corrected chi connectivity index (χ1v) is 8.67. The molecule has 7 nitrogen and oxygen atoms in total. The Kier molecular flexibility index (Phi) is 4.86. The Bertz CT molecular complexity index is 850. The van der Waals surface area contributed by atoms with E-state index in [2.05, 4.69) is 10.3 Å². The minimum absolute atomic E-state index is 0.0526. The van der Waals surface area contributed by atoms with E-state index < -0.39 is 5.91 Å². The van der Waals surface area contributed by atoms with Crippen LogP contribution in [0.5, 0.6) is 0 Å². The molecule has 1 aromatic carbocycles. The van der Waals surface area contributed by atoms with Crippen LogP contribution >= 0.6 is 23.6 Å². The van der Waals surface area contributed by atoms with E-state index in [1.54, 1.807) is 0 Å². The predicted octanol–water partition coefficient (Wildman–Crippen LogP) is 1.72. The number of nitrogens with one attached hydrogen (secondary N) is 1. The molecular formula is C16H14N4O3S2. The predicted molar refractivity (Wildman–Crippen MR) is 97.9 cm³/mol. The number of aromatic nitrogens is 1. The lowest BCUT2D eigenvalue weighted by Crippen LogP contribution is -2.39. The third-order valence-corrected chi connectivity index (χ3v) is 4.76. The Morgan fingerprint density at radius 1 is 1.32 bits per heavy atom. The zero-order chi connectivity index (χ0) is 18.0. The van der Waals surface area contributed by atoms with Gasteiger partial charge in [0.25, 0.3) is 0 Å². The Balaban J connectivity index is 1.64. The van der Waals surface area contributed by atoms with Gasteiger partial charge in [0, 0.05) is 17.9 Å². The van der Waals surface area contributed by atoms with Crippen LogP contribution in [0.25, 0.3) is 11.3 Å². The molecule has 0 bridgehead atoms. The number of thiazole rings is 1. The highest BCUT2D eigenvalue weighted by atomic mass is 32.1. The van der Waals surface area contributed by atoms with E-state index >= 15 is 0 Å². The Hall–Kier alpha value is -2.65. The van der Waals surface area contributed by atoms with Crippen LogP contribution in [0.15, 0.2) is 35.7 Å². The number of anilines is 1. The lowest BCUT2D eigenvalue weighted by atomic mass is 10.2. The van der Waals surface area contributed by atoms with E-state index in [0.717, 1.165) is 16.2 Å². The maximum Gasteiger partial charge on any atom is 0.249 e. The van der Waals surface area contributed by atoms with Crippen LogP contribution in [0.2, 0.25) is 0 Å². The molecule has 0 spiro atoms. The SMILES string of the molecule is CC(=O)N1CC(=O)N(CC(=O)Nc2nc(-c3ccccc3)cs2)C1=S. The van der Waals surface area contributed by atoms with Crippen molar-refractivity contribution in [3.63, 3.8) is 0 Å². The molecule has 128 valence electrons. The second-order valence-corrected chi connectivity index (χ2v) is 6.54. The molecule has 3 amide bonds. The van der Waals surface area contributed by atoms with Crippen LogP contribution < -0.4 is 5.32 Å². The van der Waals surface area contributed by atoms with Gasteiger partial charge in [-0.2, -0.15) is 0 Å². The number of hydrogen-bond donors (Lipinski definition) is 1. The number of nitrogens with zero attached hydrogens (tertiary/aromatic N) is 3. The zero-order valence-electron chi connectivity index (χ0n) is 13.3. The highest BCUT2D eigenvalue weighted by molar-refractivity contribution is 7.80. The van der Waals surface area contributed by atoms with E-state index in [-0.39, 0.29) is 30.0 Å². The molecule has 1 aromatic heterocycles. The van der Waals surface area contributed by atoms with Gasteiger partial charge in [-0.15, -0.1) is 11.3 Å². The molecule has 0 atom stereocenters. The second-order valence-electron chi connectivity index (χ2n) is 5.32. The third kappa shape index (κ3) is 3.72. The van der Waals surface area contributed by atoms with Crippen molar-refractivity contribution in [2.75, 3.05) is 18.4 Å². The summed E-state index contributed by atoms with van der Waals surface area (Å²) in [7, 11) is 0. The van der Waals surface area contributed by atoms with Crippen LogP contribution in [-0.2, 0) is 14.4 Å². The number of benzene rings is 1. The summed E-state index contributed by atoms with van der Waals surface area (Å²) in [5, 5.41) is 4.98. The second kappa shape index (κ2) is 7.08. The first-order valence-electron chi connectivity index (χ1n) is 7.39. The number of carbonyl (C=O) groups is 3. The topological polar surface area (TPSA) is 82.6 Å². The standard InChI is InChI=1S/C16H14N4O3S2/c1-10(21)19-8-14(23)20(16(19)24)7-13(22)18-15-17-12(9-25-15)11-5-3-2-4-6-11/h2-6,9H,7-8H2,1H3,(H,17,18,22). The van der Waals surface area contributed by atoms with Gasteiger partial charge in [0.05, 0.1) is 5.69 Å². The number of carbonyl (C=O) groups excluding carboxylic acids is 3. The largest absolute Gasteiger partial charge is 0.300 e. The van der Waals surface area contributed by atoms with Gasteiger partial charge in [-0.05, 0) is 12.2 Å². The molecule has 1 fully saturated rings. The van der Waals surface area contributed by atoms with E-state index in [9.17, 15) is 14.4 Å². The van der Waals surface area contributed by atoms with Gasteiger partial charge >= 0.3 is 0 Å². The molecule has 1 aliphatic heterocycles. The van der Waals surface area contributed by atoms with Crippen LogP contribution in [0.3, 0.4) is 0 Å².